The Hall–Kier alpha value is -2.70. The average molecular weight is 290 g/mol. The first-order valence-corrected chi connectivity index (χ1v) is 6.34. The van der Waals surface area contributed by atoms with Gasteiger partial charge in [0.05, 0.1) is 17.2 Å². The predicted molar refractivity (Wildman–Crippen MR) is 74.0 cm³/mol. The van der Waals surface area contributed by atoms with Crippen molar-refractivity contribution in [3.8, 4) is 11.5 Å². The second-order valence-electron chi connectivity index (χ2n) is 4.38. The van der Waals surface area contributed by atoms with Gasteiger partial charge in [-0.25, -0.2) is 9.78 Å². The highest BCUT2D eigenvalue weighted by molar-refractivity contribution is 5.88. The average Bonchev–Trinajstić information content (AvgIpc) is 2.80. The van der Waals surface area contributed by atoms with E-state index < -0.39 is 10.9 Å². The number of ether oxygens (including phenoxy) is 1. The zero-order chi connectivity index (χ0) is 15.6. The number of hydrogen-bond donors (Lipinski definition) is 0. The molecule has 0 N–H and O–H groups in total. The maximum Gasteiger partial charge on any atom is 0.376 e. The highest BCUT2D eigenvalue weighted by Crippen LogP contribution is 2.33. The van der Waals surface area contributed by atoms with E-state index in [0.29, 0.717) is 11.3 Å². The van der Waals surface area contributed by atoms with Gasteiger partial charge in [-0.15, -0.1) is 0 Å². The number of benzene rings is 1. The Morgan fingerprint density at radius 3 is 2.76 bits per heavy atom. The molecule has 2 rings (SSSR count). The molecule has 0 atom stereocenters. The maximum absolute atomic E-state index is 11.7. The topological polar surface area (TPSA) is 95.5 Å². The van der Waals surface area contributed by atoms with Crippen LogP contribution < -0.4 is 0 Å². The van der Waals surface area contributed by atoms with Gasteiger partial charge >= 0.3 is 5.97 Å². The van der Waals surface area contributed by atoms with Gasteiger partial charge in [-0.1, -0.05) is 12.1 Å². The summed E-state index contributed by atoms with van der Waals surface area (Å²) in [4.78, 5) is 26.5. The summed E-state index contributed by atoms with van der Waals surface area (Å²) in [7, 11) is 0. The minimum Gasteiger partial charge on any atom is -0.460 e. The van der Waals surface area contributed by atoms with E-state index in [-0.39, 0.29) is 29.5 Å². The van der Waals surface area contributed by atoms with E-state index in [1.54, 1.807) is 32.9 Å². The van der Waals surface area contributed by atoms with Crippen molar-refractivity contribution < 1.29 is 18.9 Å². The van der Waals surface area contributed by atoms with Gasteiger partial charge in [0.15, 0.2) is 0 Å². The molecule has 2 aromatic rings. The van der Waals surface area contributed by atoms with Crippen LogP contribution >= 0.6 is 0 Å². The molecule has 0 saturated carbocycles. The van der Waals surface area contributed by atoms with Crippen molar-refractivity contribution >= 4 is 11.7 Å². The highest BCUT2D eigenvalue weighted by Gasteiger charge is 2.25. The number of aryl methyl sites for hydroxylation is 2. The van der Waals surface area contributed by atoms with Crippen LogP contribution in [0.2, 0.25) is 0 Å². The number of carbonyl (C=O) groups is 1. The van der Waals surface area contributed by atoms with Gasteiger partial charge in [-0.2, -0.15) is 0 Å². The van der Waals surface area contributed by atoms with Crippen LogP contribution in [0.1, 0.15) is 28.7 Å². The second-order valence-corrected chi connectivity index (χ2v) is 4.38. The number of oxazole rings is 1. The number of nitro benzene ring substituents is 1. The van der Waals surface area contributed by atoms with Gasteiger partial charge in [0.1, 0.15) is 5.56 Å². The van der Waals surface area contributed by atoms with Crippen LogP contribution in [0.15, 0.2) is 22.6 Å². The molecule has 110 valence electrons. The molecule has 0 radical (unpaired) electrons. The molecule has 1 aromatic heterocycles. The lowest BCUT2D eigenvalue weighted by Gasteiger charge is -2.02. The zero-order valence-electron chi connectivity index (χ0n) is 11.9. The molecule has 0 fully saturated rings. The van der Waals surface area contributed by atoms with Gasteiger partial charge in [0.25, 0.3) is 5.69 Å². The lowest BCUT2D eigenvalue weighted by Crippen LogP contribution is -2.04. The Balaban J connectivity index is 2.56. The van der Waals surface area contributed by atoms with Crippen LogP contribution in [0, 0.1) is 24.0 Å². The summed E-state index contributed by atoms with van der Waals surface area (Å²) in [5.74, 6) is -0.630. The normalized spacial score (nSPS) is 10.4. The monoisotopic (exact) mass is 290 g/mol. The smallest absolute Gasteiger partial charge is 0.376 e. The zero-order valence-corrected chi connectivity index (χ0v) is 11.9. The van der Waals surface area contributed by atoms with Crippen molar-refractivity contribution in [2.45, 2.75) is 20.8 Å². The van der Waals surface area contributed by atoms with E-state index in [4.69, 9.17) is 9.15 Å². The lowest BCUT2D eigenvalue weighted by molar-refractivity contribution is -0.384. The quantitative estimate of drug-likeness (QED) is 0.488. The number of rotatable bonds is 4. The lowest BCUT2D eigenvalue weighted by atomic mass is 10.1. The fraction of sp³-hybridized carbons (Fsp3) is 0.286. The molecule has 0 aliphatic rings. The SMILES string of the molecule is CCOC(=O)c1oc(-c2c(C)cccc2[N+](=O)[O-])nc1C. The molecular weight excluding hydrogens is 276 g/mol. The third-order valence-corrected chi connectivity index (χ3v) is 2.92. The second kappa shape index (κ2) is 5.74. The summed E-state index contributed by atoms with van der Waals surface area (Å²) >= 11 is 0. The predicted octanol–water partition coefficient (Wildman–Crippen LogP) is 3.04. The van der Waals surface area contributed by atoms with Crippen LogP contribution in [0.4, 0.5) is 5.69 Å². The Labute approximate surface area is 120 Å². The van der Waals surface area contributed by atoms with Gasteiger partial charge in [0.2, 0.25) is 11.7 Å². The van der Waals surface area contributed by atoms with Gasteiger partial charge in [0, 0.05) is 6.07 Å². The number of nitrogens with zero attached hydrogens (tertiary/aromatic N) is 2. The largest absolute Gasteiger partial charge is 0.460 e. The first-order chi connectivity index (χ1) is 9.95. The van der Waals surface area contributed by atoms with Gasteiger partial charge in [-0.05, 0) is 26.3 Å². The van der Waals surface area contributed by atoms with Crippen LogP contribution in [0.5, 0.6) is 0 Å². The van der Waals surface area contributed by atoms with Crippen molar-refractivity contribution in [3.05, 3.63) is 45.3 Å². The van der Waals surface area contributed by atoms with Crippen LogP contribution in [0.3, 0.4) is 0 Å². The number of hydrogen-bond acceptors (Lipinski definition) is 6. The molecule has 0 amide bonds. The third-order valence-electron chi connectivity index (χ3n) is 2.92. The Morgan fingerprint density at radius 2 is 2.14 bits per heavy atom. The fourth-order valence-corrected chi connectivity index (χ4v) is 1.97. The minimum atomic E-state index is -0.634. The van der Waals surface area contributed by atoms with E-state index in [1.165, 1.54) is 6.07 Å². The fourth-order valence-electron chi connectivity index (χ4n) is 1.97. The summed E-state index contributed by atoms with van der Waals surface area (Å²) in [6.45, 7) is 5.19. The minimum absolute atomic E-state index is 0.0376. The molecule has 1 heterocycles. The first-order valence-electron chi connectivity index (χ1n) is 6.34. The van der Waals surface area contributed by atoms with Crippen molar-refractivity contribution in [2.24, 2.45) is 0 Å². The number of carbonyl (C=O) groups excluding carboxylic acids is 1. The van der Waals surface area contributed by atoms with Gasteiger partial charge in [-0.3, -0.25) is 10.1 Å². The summed E-state index contributed by atoms with van der Waals surface area (Å²) in [5, 5.41) is 11.1. The molecule has 0 unspecified atom stereocenters. The molecule has 0 aliphatic heterocycles. The molecule has 0 aliphatic carbocycles. The van der Waals surface area contributed by atoms with Crippen molar-refractivity contribution in [1.82, 2.24) is 4.98 Å². The molecule has 0 spiro atoms. The van der Waals surface area contributed by atoms with E-state index in [1.807, 2.05) is 0 Å². The molecule has 7 nitrogen and oxygen atoms in total. The molecular formula is C14H14N2O5. The molecule has 0 bridgehead atoms. The Morgan fingerprint density at radius 1 is 1.43 bits per heavy atom. The van der Waals surface area contributed by atoms with Gasteiger partial charge < -0.3 is 9.15 Å². The summed E-state index contributed by atoms with van der Waals surface area (Å²) in [6.07, 6.45) is 0. The Bertz CT molecular complexity index is 705. The van der Waals surface area contributed by atoms with Crippen molar-refractivity contribution in [2.75, 3.05) is 6.61 Å². The molecule has 21 heavy (non-hydrogen) atoms. The third kappa shape index (κ3) is 2.76. The molecule has 7 heteroatoms. The van der Waals surface area contributed by atoms with Crippen molar-refractivity contribution in [3.63, 3.8) is 0 Å². The van der Waals surface area contributed by atoms with Crippen LogP contribution in [-0.2, 0) is 4.74 Å². The summed E-state index contributed by atoms with van der Waals surface area (Å²) < 4.78 is 10.3. The highest BCUT2D eigenvalue weighted by atomic mass is 16.6. The maximum atomic E-state index is 11.7. The Kier molecular flexibility index (Phi) is 4.02. The number of esters is 1. The summed E-state index contributed by atoms with van der Waals surface area (Å²) in [5.41, 5.74) is 1.12. The summed E-state index contributed by atoms with van der Waals surface area (Å²) in [6, 6.07) is 4.66. The number of aromatic nitrogens is 1. The number of nitro groups is 1. The molecule has 0 saturated heterocycles. The van der Waals surface area contributed by atoms with Crippen LogP contribution in [0.25, 0.3) is 11.5 Å². The van der Waals surface area contributed by atoms with E-state index in [2.05, 4.69) is 4.98 Å². The van der Waals surface area contributed by atoms with Crippen molar-refractivity contribution in [1.29, 1.82) is 0 Å². The van der Waals surface area contributed by atoms with Crippen LogP contribution in [-0.4, -0.2) is 22.5 Å². The first kappa shape index (κ1) is 14.7. The van der Waals surface area contributed by atoms with E-state index in [9.17, 15) is 14.9 Å². The standard InChI is InChI=1S/C14H14N2O5/c1-4-20-14(17)12-9(3)15-13(21-12)11-8(2)6-5-7-10(11)16(18)19/h5-7H,4H2,1-3H3. The van der Waals surface area contributed by atoms with E-state index >= 15 is 0 Å². The van der Waals surface area contributed by atoms with E-state index in [0.717, 1.165) is 0 Å². The molecule has 1 aromatic carbocycles.